The van der Waals surface area contributed by atoms with Crippen molar-refractivity contribution in [3.8, 4) is 0 Å². The quantitative estimate of drug-likeness (QED) is 0.391. The first-order valence-electron chi connectivity index (χ1n) is 11.0. The van der Waals surface area contributed by atoms with Crippen molar-refractivity contribution in [3.63, 3.8) is 0 Å². The molecule has 4 aromatic rings. The highest BCUT2D eigenvalue weighted by Crippen LogP contribution is 2.22. The Labute approximate surface area is 194 Å². The van der Waals surface area contributed by atoms with Crippen LogP contribution < -0.4 is 10.2 Å². The molecule has 0 aliphatic rings. The van der Waals surface area contributed by atoms with E-state index in [4.69, 9.17) is 0 Å². The van der Waals surface area contributed by atoms with Crippen LogP contribution in [-0.2, 0) is 11.2 Å². The molecular weight excluding hydrogens is 408 g/mol. The molecule has 4 rings (SSSR count). The van der Waals surface area contributed by atoms with Gasteiger partial charge in [0.2, 0.25) is 0 Å². The van der Waals surface area contributed by atoms with Gasteiger partial charge in [0.1, 0.15) is 0 Å². The van der Waals surface area contributed by atoms with Gasteiger partial charge in [-0.2, -0.15) is 0 Å². The number of hydrogen-bond donors (Lipinski definition) is 1. The van der Waals surface area contributed by atoms with E-state index in [0.29, 0.717) is 17.8 Å². The Bertz CT molecular complexity index is 1290. The van der Waals surface area contributed by atoms with Gasteiger partial charge in [-0.15, -0.1) is 0 Å². The maximum atomic E-state index is 12.9. The van der Waals surface area contributed by atoms with Crippen LogP contribution in [0.3, 0.4) is 0 Å². The summed E-state index contributed by atoms with van der Waals surface area (Å²) in [5.41, 5.74) is 3.18. The van der Waals surface area contributed by atoms with Gasteiger partial charge >= 0.3 is 0 Å². The summed E-state index contributed by atoms with van der Waals surface area (Å²) in [7, 11) is 1.69. The molecule has 1 N–H and O–H groups in total. The average molecular weight is 435 g/mol. The molecule has 4 nitrogen and oxygen atoms in total. The zero-order chi connectivity index (χ0) is 23.0. The number of fused-ring (bicyclic) bond motifs is 1. The Morgan fingerprint density at radius 2 is 1.52 bits per heavy atom. The van der Waals surface area contributed by atoms with Crippen molar-refractivity contribution < 1.29 is 9.59 Å². The minimum absolute atomic E-state index is 0.195. The van der Waals surface area contributed by atoms with Crippen LogP contribution in [-0.4, -0.2) is 25.4 Å². The summed E-state index contributed by atoms with van der Waals surface area (Å²) in [5, 5.41) is 5.18. The van der Waals surface area contributed by atoms with E-state index in [1.54, 1.807) is 31.3 Å². The molecular formula is C29H26N2O2. The molecule has 0 aromatic heterocycles. The summed E-state index contributed by atoms with van der Waals surface area (Å²) in [6.07, 6.45) is 4.12. The Hall–Kier alpha value is -4.18. The highest BCUT2D eigenvalue weighted by atomic mass is 16.2. The smallest absolute Gasteiger partial charge is 0.253 e. The van der Waals surface area contributed by atoms with Crippen molar-refractivity contribution in [2.45, 2.75) is 6.42 Å². The zero-order valence-electron chi connectivity index (χ0n) is 18.6. The summed E-state index contributed by atoms with van der Waals surface area (Å²) in [4.78, 5) is 27.3. The van der Waals surface area contributed by atoms with Crippen molar-refractivity contribution in [2.75, 3.05) is 18.5 Å². The van der Waals surface area contributed by atoms with E-state index in [1.807, 2.05) is 84.9 Å². The van der Waals surface area contributed by atoms with Crippen molar-refractivity contribution in [3.05, 3.63) is 120 Å². The highest BCUT2D eigenvalue weighted by Gasteiger charge is 2.17. The van der Waals surface area contributed by atoms with Gasteiger partial charge < -0.3 is 10.2 Å². The fraction of sp³-hybridized carbons (Fsp3) is 0.103. The number of benzene rings is 4. The monoisotopic (exact) mass is 434 g/mol. The molecule has 0 aliphatic heterocycles. The molecule has 164 valence electrons. The standard InChI is InChI=1S/C29H26N2O2/c1-31(28(32)19-18-24-14-9-13-23-12-5-6-15-25(23)24)27-17-8-7-16-26(27)29(33)30-21-20-22-10-3-2-4-11-22/h2-19H,20-21H2,1H3,(H,30,33)/b19-18+. The maximum absolute atomic E-state index is 12.9. The molecule has 0 radical (unpaired) electrons. The van der Waals surface area contributed by atoms with Crippen LogP contribution in [0.1, 0.15) is 21.5 Å². The van der Waals surface area contributed by atoms with Crippen molar-refractivity contribution >= 4 is 34.4 Å². The number of nitrogens with one attached hydrogen (secondary N) is 1. The lowest BCUT2D eigenvalue weighted by molar-refractivity contribution is -0.113. The number of hydrogen-bond acceptors (Lipinski definition) is 2. The lowest BCUT2D eigenvalue weighted by atomic mass is 10.0. The number of rotatable bonds is 7. The van der Waals surface area contributed by atoms with Crippen molar-refractivity contribution in [1.82, 2.24) is 5.32 Å². The second kappa shape index (κ2) is 10.4. The fourth-order valence-corrected chi connectivity index (χ4v) is 3.81. The number of carbonyl (C=O) groups excluding carboxylic acids is 2. The van der Waals surface area contributed by atoms with E-state index in [1.165, 1.54) is 4.90 Å². The fourth-order valence-electron chi connectivity index (χ4n) is 3.81. The lowest BCUT2D eigenvalue weighted by Gasteiger charge is -2.19. The summed E-state index contributed by atoms with van der Waals surface area (Å²) in [5.74, 6) is -0.397. The first-order valence-corrected chi connectivity index (χ1v) is 11.0. The molecule has 2 amide bonds. The number of nitrogens with zero attached hydrogens (tertiary/aromatic N) is 1. The topological polar surface area (TPSA) is 49.4 Å². The van der Waals surface area contributed by atoms with Crippen LogP contribution in [0.4, 0.5) is 5.69 Å². The summed E-state index contributed by atoms with van der Waals surface area (Å²) in [6.45, 7) is 0.524. The average Bonchev–Trinajstić information content (AvgIpc) is 2.87. The molecule has 33 heavy (non-hydrogen) atoms. The second-order valence-corrected chi connectivity index (χ2v) is 7.81. The third-order valence-corrected chi connectivity index (χ3v) is 5.61. The molecule has 0 bridgehead atoms. The highest BCUT2D eigenvalue weighted by molar-refractivity contribution is 6.09. The lowest BCUT2D eigenvalue weighted by Crippen LogP contribution is -2.30. The minimum atomic E-state index is -0.201. The molecule has 0 heterocycles. The molecule has 0 fully saturated rings. The predicted molar refractivity (Wildman–Crippen MR) is 135 cm³/mol. The van der Waals surface area contributed by atoms with Gasteiger partial charge in [0.25, 0.3) is 11.8 Å². The van der Waals surface area contributed by atoms with Gasteiger partial charge in [0.05, 0.1) is 11.3 Å². The summed E-state index contributed by atoms with van der Waals surface area (Å²) < 4.78 is 0. The van der Waals surface area contributed by atoms with Gasteiger partial charge in [-0.05, 0) is 46.5 Å². The largest absolute Gasteiger partial charge is 0.352 e. The van der Waals surface area contributed by atoms with E-state index in [0.717, 1.165) is 28.3 Å². The number of likely N-dealkylation sites (N-methyl/N-ethyl adjacent to an activating group) is 1. The SMILES string of the molecule is CN(C(=O)/C=C/c1cccc2ccccc12)c1ccccc1C(=O)NCCc1ccccc1. The number of para-hydroxylation sites is 1. The van der Waals surface area contributed by atoms with Crippen LogP contribution in [0, 0.1) is 0 Å². The molecule has 0 unspecified atom stereocenters. The normalized spacial score (nSPS) is 10.9. The first kappa shape index (κ1) is 22.0. The first-order chi connectivity index (χ1) is 16.1. The Kier molecular flexibility index (Phi) is 6.96. The van der Waals surface area contributed by atoms with Gasteiger partial charge in [-0.1, -0.05) is 84.9 Å². The van der Waals surface area contributed by atoms with E-state index < -0.39 is 0 Å². The Morgan fingerprint density at radius 3 is 2.36 bits per heavy atom. The van der Waals surface area contributed by atoms with Crippen LogP contribution >= 0.6 is 0 Å². The van der Waals surface area contributed by atoms with E-state index in [-0.39, 0.29) is 11.8 Å². The predicted octanol–water partition coefficient (Wildman–Crippen LogP) is 5.49. The van der Waals surface area contributed by atoms with Crippen LogP contribution in [0.5, 0.6) is 0 Å². The molecule has 0 saturated heterocycles. The zero-order valence-corrected chi connectivity index (χ0v) is 18.6. The van der Waals surface area contributed by atoms with Crippen molar-refractivity contribution in [1.29, 1.82) is 0 Å². The number of anilines is 1. The maximum Gasteiger partial charge on any atom is 0.253 e. The van der Waals surface area contributed by atoms with E-state index in [2.05, 4.69) is 5.32 Å². The molecule has 0 spiro atoms. The van der Waals surface area contributed by atoms with Gasteiger partial charge in [-0.3, -0.25) is 9.59 Å². The van der Waals surface area contributed by atoms with Crippen LogP contribution in [0.2, 0.25) is 0 Å². The number of carbonyl (C=O) groups is 2. The Morgan fingerprint density at radius 1 is 0.818 bits per heavy atom. The van der Waals surface area contributed by atoms with Gasteiger partial charge in [-0.25, -0.2) is 0 Å². The van der Waals surface area contributed by atoms with E-state index in [9.17, 15) is 9.59 Å². The molecule has 0 saturated carbocycles. The van der Waals surface area contributed by atoms with Gasteiger partial charge in [0, 0.05) is 19.7 Å². The van der Waals surface area contributed by atoms with E-state index >= 15 is 0 Å². The van der Waals surface area contributed by atoms with Crippen LogP contribution in [0.25, 0.3) is 16.8 Å². The summed E-state index contributed by atoms with van der Waals surface area (Å²) in [6, 6.07) is 31.3. The number of amides is 2. The molecule has 4 heteroatoms. The minimum Gasteiger partial charge on any atom is -0.352 e. The van der Waals surface area contributed by atoms with Gasteiger partial charge in [0.15, 0.2) is 0 Å². The second-order valence-electron chi connectivity index (χ2n) is 7.81. The van der Waals surface area contributed by atoms with Crippen molar-refractivity contribution in [2.24, 2.45) is 0 Å². The molecule has 0 atom stereocenters. The molecule has 4 aromatic carbocycles. The third kappa shape index (κ3) is 5.36. The molecule has 0 aliphatic carbocycles. The van der Waals surface area contributed by atoms with Crippen LogP contribution in [0.15, 0.2) is 103 Å². The summed E-state index contributed by atoms with van der Waals surface area (Å²) >= 11 is 0. The Balaban J connectivity index is 1.46. The third-order valence-electron chi connectivity index (χ3n) is 5.61.